The first-order valence-electron chi connectivity index (χ1n) is 9.91. The highest BCUT2D eigenvalue weighted by Gasteiger charge is 2.57. The first-order valence-corrected chi connectivity index (χ1v) is 13.4. The normalized spacial score (nSPS) is 20.4. The summed E-state index contributed by atoms with van der Waals surface area (Å²) in [5, 5.41) is 13.3. The van der Waals surface area contributed by atoms with Gasteiger partial charge in [-0.1, -0.05) is 86.4 Å². The zero-order chi connectivity index (χ0) is 20.4. The van der Waals surface area contributed by atoms with E-state index in [0.29, 0.717) is 11.1 Å². The summed E-state index contributed by atoms with van der Waals surface area (Å²) in [5.41, 5.74) is 3.24. The van der Waals surface area contributed by atoms with Gasteiger partial charge in [0.25, 0.3) is 0 Å². The van der Waals surface area contributed by atoms with Crippen LogP contribution in [0, 0.1) is 0 Å². The number of carbonyl (C=O) groups is 1. The molecule has 0 aromatic heterocycles. The van der Waals surface area contributed by atoms with E-state index in [1.807, 2.05) is 65.6 Å². The van der Waals surface area contributed by atoms with Crippen LogP contribution in [-0.4, -0.2) is 19.0 Å². The molecule has 0 saturated heterocycles. The Balaban J connectivity index is 1.98. The maximum Gasteiger partial charge on any atom is 0.235 e. The van der Waals surface area contributed by atoms with E-state index in [2.05, 4.69) is 37.8 Å². The van der Waals surface area contributed by atoms with E-state index < -0.39 is 13.8 Å². The van der Waals surface area contributed by atoms with Crippen LogP contribution in [-0.2, 0) is 5.72 Å². The van der Waals surface area contributed by atoms with Crippen LogP contribution in [0.3, 0.4) is 0 Å². The maximum atomic E-state index is 13.5. The summed E-state index contributed by atoms with van der Waals surface area (Å²) < 4.78 is 0. The van der Waals surface area contributed by atoms with Crippen LogP contribution < -0.4 is 4.90 Å². The van der Waals surface area contributed by atoms with Crippen molar-refractivity contribution in [2.75, 3.05) is 4.90 Å². The molecule has 0 radical (unpaired) electrons. The molecule has 2 aliphatic heterocycles. The van der Waals surface area contributed by atoms with Crippen molar-refractivity contribution in [3.8, 4) is 0 Å². The molecule has 3 nitrogen and oxygen atoms in total. The lowest BCUT2D eigenvalue weighted by atomic mass is 9.87. The largest absolute Gasteiger partial charge is 0.360 e. The number of hydrogen-bond acceptors (Lipinski definition) is 3. The number of aliphatic hydroxyl groups is 1. The van der Waals surface area contributed by atoms with Crippen molar-refractivity contribution < 1.29 is 9.90 Å². The molecule has 0 bridgehead atoms. The first kappa shape index (κ1) is 18.1. The SMILES string of the molecule is C[Si](C)(C)C1=C(c2ccccc2)N2c3ccccc3C(=O)[C@]2(O)c2ccccc21. The van der Waals surface area contributed by atoms with Crippen LogP contribution in [0.25, 0.3) is 10.9 Å². The highest BCUT2D eigenvalue weighted by atomic mass is 28.3. The summed E-state index contributed by atoms with van der Waals surface area (Å²) in [7, 11) is -1.87. The van der Waals surface area contributed by atoms with E-state index in [-0.39, 0.29) is 5.78 Å². The minimum atomic E-state index is -1.87. The van der Waals surface area contributed by atoms with Gasteiger partial charge in [-0.05, 0) is 28.5 Å². The Kier molecular flexibility index (Phi) is 3.76. The maximum absolute atomic E-state index is 13.5. The van der Waals surface area contributed by atoms with Gasteiger partial charge in [-0.2, -0.15) is 0 Å². The molecule has 4 heteroatoms. The van der Waals surface area contributed by atoms with Crippen molar-refractivity contribution in [1.29, 1.82) is 0 Å². The number of anilines is 1. The van der Waals surface area contributed by atoms with Gasteiger partial charge < -0.3 is 10.0 Å². The Morgan fingerprint density at radius 2 is 1.38 bits per heavy atom. The van der Waals surface area contributed by atoms with E-state index in [9.17, 15) is 9.90 Å². The van der Waals surface area contributed by atoms with Gasteiger partial charge in [-0.3, -0.25) is 4.79 Å². The molecule has 5 rings (SSSR count). The van der Waals surface area contributed by atoms with E-state index in [4.69, 9.17) is 0 Å². The first-order chi connectivity index (χ1) is 13.8. The zero-order valence-electron chi connectivity index (χ0n) is 16.8. The fraction of sp³-hybridized carbons (Fsp3) is 0.160. The topological polar surface area (TPSA) is 40.5 Å². The lowest BCUT2D eigenvalue weighted by Crippen LogP contribution is -2.51. The smallest absolute Gasteiger partial charge is 0.235 e. The number of para-hydroxylation sites is 1. The van der Waals surface area contributed by atoms with Gasteiger partial charge in [-0.25, -0.2) is 0 Å². The van der Waals surface area contributed by atoms with E-state index in [0.717, 1.165) is 22.5 Å². The van der Waals surface area contributed by atoms with Crippen molar-refractivity contribution in [2.45, 2.75) is 25.4 Å². The molecule has 1 N–H and O–H groups in total. The van der Waals surface area contributed by atoms with Crippen molar-refractivity contribution in [3.05, 3.63) is 101 Å². The minimum Gasteiger partial charge on any atom is -0.360 e. The van der Waals surface area contributed by atoms with Gasteiger partial charge in [0.1, 0.15) is 0 Å². The van der Waals surface area contributed by atoms with Crippen LogP contribution in [0.2, 0.25) is 19.6 Å². The van der Waals surface area contributed by atoms with E-state index >= 15 is 0 Å². The van der Waals surface area contributed by atoms with Gasteiger partial charge >= 0.3 is 0 Å². The van der Waals surface area contributed by atoms with Crippen LogP contribution in [0.1, 0.15) is 27.0 Å². The van der Waals surface area contributed by atoms with Gasteiger partial charge in [0.15, 0.2) is 0 Å². The molecule has 0 spiro atoms. The fourth-order valence-electron chi connectivity index (χ4n) is 4.72. The van der Waals surface area contributed by atoms with Crippen LogP contribution >= 0.6 is 0 Å². The van der Waals surface area contributed by atoms with Crippen molar-refractivity contribution in [3.63, 3.8) is 0 Å². The Morgan fingerprint density at radius 3 is 2.07 bits per heavy atom. The molecule has 0 saturated carbocycles. The van der Waals surface area contributed by atoms with Gasteiger partial charge in [0.05, 0.1) is 19.5 Å². The Bertz CT molecular complexity index is 1180. The number of ketones is 1. The molecular weight excluding hydrogens is 374 g/mol. The Hall–Kier alpha value is -2.95. The number of benzene rings is 3. The number of carbonyl (C=O) groups excluding carboxylic acids is 1. The van der Waals surface area contributed by atoms with Crippen molar-refractivity contribution in [1.82, 2.24) is 0 Å². The second-order valence-electron chi connectivity index (χ2n) is 8.74. The third-order valence-electron chi connectivity index (χ3n) is 5.86. The number of fused-ring (bicyclic) bond motifs is 5. The summed E-state index contributed by atoms with van der Waals surface area (Å²) in [5.74, 6) is -0.261. The fourth-order valence-corrected chi connectivity index (χ4v) is 6.72. The minimum absolute atomic E-state index is 0.261. The summed E-state index contributed by atoms with van der Waals surface area (Å²) in [6.45, 7) is 6.95. The summed E-state index contributed by atoms with van der Waals surface area (Å²) in [6.07, 6.45) is 0. The second kappa shape index (κ2) is 6.02. The number of Topliss-reactive ketones (excluding diaryl/α,β-unsaturated/α-hetero) is 1. The molecule has 0 unspecified atom stereocenters. The molecule has 1 atom stereocenters. The Morgan fingerprint density at radius 1 is 0.793 bits per heavy atom. The molecule has 3 aromatic rings. The van der Waals surface area contributed by atoms with Crippen LogP contribution in [0.15, 0.2) is 78.9 Å². The Labute approximate surface area is 171 Å². The van der Waals surface area contributed by atoms with E-state index in [1.54, 1.807) is 0 Å². The molecular formula is C25H23NO2Si. The van der Waals surface area contributed by atoms with Crippen LogP contribution in [0.5, 0.6) is 0 Å². The monoisotopic (exact) mass is 397 g/mol. The highest BCUT2D eigenvalue weighted by molar-refractivity contribution is 6.95. The molecule has 0 aliphatic carbocycles. The summed E-state index contributed by atoms with van der Waals surface area (Å²) >= 11 is 0. The molecule has 0 amide bonds. The van der Waals surface area contributed by atoms with Gasteiger partial charge in [-0.15, -0.1) is 0 Å². The number of hydrogen-bond donors (Lipinski definition) is 1. The summed E-state index contributed by atoms with van der Waals surface area (Å²) in [6, 6.07) is 25.5. The lowest BCUT2D eigenvalue weighted by Gasteiger charge is -2.45. The second-order valence-corrected chi connectivity index (χ2v) is 13.7. The van der Waals surface area contributed by atoms with Crippen molar-refractivity contribution >= 4 is 30.4 Å². The standard InChI is InChI=1S/C25H23NO2Si/c1-29(2,3)23-18-13-7-9-15-20(18)25(28)24(27)19-14-8-10-16-21(19)26(25)22(23)17-11-5-4-6-12-17/h4-16,28H,1-3H3/t25-/m1/s1. The number of rotatable bonds is 2. The predicted octanol–water partition coefficient (Wildman–Crippen LogP) is 5.29. The van der Waals surface area contributed by atoms with E-state index in [1.165, 1.54) is 5.20 Å². The average Bonchev–Trinajstić information content (AvgIpc) is 2.95. The van der Waals surface area contributed by atoms with Crippen molar-refractivity contribution in [2.24, 2.45) is 0 Å². The third kappa shape index (κ3) is 2.36. The third-order valence-corrected chi connectivity index (χ3v) is 7.87. The van der Waals surface area contributed by atoms with Crippen LogP contribution in [0.4, 0.5) is 5.69 Å². The lowest BCUT2D eigenvalue weighted by molar-refractivity contribution is 0.0376. The average molecular weight is 398 g/mol. The highest BCUT2D eigenvalue weighted by Crippen LogP contribution is 2.55. The zero-order valence-corrected chi connectivity index (χ0v) is 17.8. The van der Waals surface area contributed by atoms with Gasteiger partial charge in [0, 0.05) is 11.1 Å². The van der Waals surface area contributed by atoms with Gasteiger partial charge in [0.2, 0.25) is 11.5 Å². The molecule has 144 valence electrons. The molecule has 3 aromatic carbocycles. The molecule has 2 heterocycles. The summed E-state index contributed by atoms with van der Waals surface area (Å²) in [4.78, 5) is 15.4. The quantitative estimate of drug-likeness (QED) is 0.597. The molecule has 2 aliphatic rings. The molecule has 0 fully saturated rings. The molecule has 29 heavy (non-hydrogen) atoms. The predicted molar refractivity (Wildman–Crippen MR) is 120 cm³/mol. The number of nitrogens with zero attached hydrogens (tertiary/aromatic N) is 1.